The van der Waals surface area contributed by atoms with Gasteiger partial charge in [-0.3, -0.25) is 4.79 Å². The molecule has 1 amide bonds. The molecule has 1 aliphatic rings. The van der Waals surface area contributed by atoms with E-state index in [2.05, 4.69) is 12.0 Å². The van der Waals surface area contributed by atoms with E-state index in [1.807, 2.05) is 47.4 Å². The lowest BCUT2D eigenvalue weighted by Crippen LogP contribution is -2.45. The van der Waals surface area contributed by atoms with E-state index in [4.69, 9.17) is 9.72 Å². The lowest BCUT2D eigenvalue weighted by atomic mass is 10.1. The van der Waals surface area contributed by atoms with Gasteiger partial charge in [-0.2, -0.15) is 5.10 Å². The van der Waals surface area contributed by atoms with Crippen LogP contribution in [0.3, 0.4) is 0 Å². The molecule has 0 aliphatic carbocycles. The van der Waals surface area contributed by atoms with Crippen LogP contribution in [0.1, 0.15) is 29.3 Å². The van der Waals surface area contributed by atoms with Crippen molar-refractivity contribution in [3.8, 4) is 11.3 Å². The first-order chi connectivity index (χ1) is 16.1. The van der Waals surface area contributed by atoms with Crippen molar-refractivity contribution in [3.05, 3.63) is 83.8 Å². The number of rotatable bonds is 5. The summed E-state index contributed by atoms with van der Waals surface area (Å²) in [6.45, 7) is 4.07. The third-order valence-electron chi connectivity index (χ3n) is 6.01. The molecule has 1 aliphatic heterocycles. The number of pyridine rings is 1. The monoisotopic (exact) mass is 444 g/mol. The maximum absolute atomic E-state index is 13.7. The average Bonchev–Trinajstić information content (AvgIpc) is 3.26. The maximum Gasteiger partial charge on any atom is 0.254 e. The minimum Gasteiger partial charge on any atom is -0.375 e. The van der Waals surface area contributed by atoms with Crippen molar-refractivity contribution in [1.82, 2.24) is 19.7 Å². The molecule has 3 heterocycles. The topological polar surface area (TPSA) is 60.2 Å². The fourth-order valence-corrected chi connectivity index (χ4v) is 4.23. The van der Waals surface area contributed by atoms with Gasteiger partial charge in [-0.05, 0) is 30.2 Å². The van der Waals surface area contributed by atoms with E-state index in [1.54, 1.807) is 16.9 Å². The second kappa shape index (κ2) is 9.11. The number of morpholine rings is 1. The third-order valence-corrected chi connectivity index (χ3v) is 6.01. The molecule has 0 N–H and O–H groups in total. The molecule has 0 spiro atoms. The maximum atomic E-state index is 13.7. The van der Waals surface area contributed by atoms with Crippen LogP contribution in [-0.2, 0) is 11.3 Å². The van der Waals surface area contributed by atoms with Crippen LogP contribution in [0.25, 0.3) is 22.3 Å². The first kappa shape index (κ1) is 21.3. The number of fused-ring (bicyclic) bond motifs is 1. The third kappa shape index (κ3) is 4.36. The number of carbonyl (C=O) groups is 1. The van der Waals surface area contributed by atoms with E-state index in [0.29, 0.717) is 48.5 Å². The van der Waals surface area contributed by atoms with Gasteiger partial charge in [-0.1, -0.05) is 49.4 Å². The van der Waals surface area contributed by atoms with E-state index in [1.165, 1.54) is 12.1 Å². The molecule has 5 rings (SSSR count). The molecule has 1 atom stereocenters. The Morgan fingerprint density at radius 2 is 2.00 bits per heavy atom. The summed E-state index contributed by atoms with van der Waals surface area (Å²) in [7, 11) is 0. The molecule has 0 unspecified atom stereocenters. The molecule has 33 heavy (non-hydrogen) atoms. The first-order valence-corrected chi connectivity index (χ1v) is 11.2. The Balaban J connectivity index is 1.60. The van der Waals surface area contributed by atoms with Crippen molar-refractivity contribution >= 4 is 16.9 Å². The normalized spacial score (nSPS) is 16.3. The zero-order chi connectivity index (χ0) is 22.8. The molecule has 0 bridgehead atoms. The largest absolute Gasteiger partial charge is 0.375 e. The highest BCUT2D eigenvalue weighted by Crippen LogP contribution is 2.27. The van der Waals surface area contributed by atoms with Gasteiger partial charge < -0.3 is 9.64 Å². The molecule has 6 nitrogen and oxygen atoms in total. The average molecular weight is 445 g/mol. The quantitative estimate of drug-likeness (QED) is 0.454. The fourth-order valence-electron chi connectivity index (χ4n) is 4.23. The summed E-state index contributed by atoms with van der Waals surface area (Å²) in [4.78, 5) is 20.3. The Labute approximate surface area is 191 Å². The molecule has 2 aromatic carbocycles. The van der Waals surface area contributed by atoms with Crippen LogP contribution in [0.4, 0.5) is 4.39 Å². The van der Waals surface area contributed by atoms with E-state index < -0.39 is 0 Å². The second-order valence-corrected chi connectivity index (χ2v) is 8.24. The predicted molar refractivity (Wildman–Crippen MR) is 124 cm³/mol. The van der Waals surface area contributed by atoms with Crippen LogP contribution in [0, 0.1) is 5.82 Å². The zero-order valence-corrected chi connectivity index (χ0v) is 18.4. The number of nitrogens with zero attached hydrogens (tertiary/aromatic N) is 4. The molecule has 1 saturated heterocycles. The van der Waals surface area contributed by atoms with Crippen molar-refractivity contribution in [1.29, 1.82) is 0 Å². The number of carbonyl (C=O) groups excluding carboxylic acids is 1. The molecule has 1 fully saturated rings. The van der Waals surface area contributed by atoms with Gasteiger partial charge in [-0.15, -0.1) is 0 Å². The van der Waals surface area contributed by atoms with Crippen molar-refractivity contribution in [2.24, 2.45) is 0 Å². The molecule has 0 radical (unpaired) electrons. The second-order valence-electron chi connectivity index (χ2n) is 8.24. The number of benzene rings is 2. The lowest BCUT2D eigenvalue weighted by molar-refractivity contribution is -0.0225. The van der Waals surface area contributed by atoms with Crippen molar-refractivity contribution < 1.29 is 13.9 Å². The van der Waals surface area contributed by atoms with Crippen LogP contribution in [-0.4, -0.2) is 51.4 Å². The summed E-state index contributed by atoms with van der Waals surface area (Å²) in [5, 5.41) is 5.20. The van der Waals surface area contributed by atoms with Gasteiger partial charge in [0.25, 0.3) is 5.91 Å². The SMILES string of the molecule is CC[C@H]1CN(C(=O)c2cc(-c3ccccc3)nc3c2cnn3Cc2cccc(F)c2)CCO1. The first-order valence-electron chi connectivity index (χ1n) is 11.2. The standard InChI is InChI=1S/C26H25FN4O2/c1-2-21-17-30(11-12-33-21)26(32)22-14-24(19-8-4-3-5-9-19)29-25-23(22)15-28-31(25)16-18-7-6-10-20(27)13-18/h3-10,13-15,21H,2,11-12,16-17H2,1H3/t21-/m0/s1. The van der Waals surface area contributed by atoms with Gasteiger partial charge in [0.15, 0.2) is 5.65 Å². The summed E-state index contributed by atoms with van der Waals surface area (Å²) in [6.07, 6.45) is 2.59. The minimum atomic E-state index is -0.296. The van der Waals surface area contributed by atoms with Gasteiger partial charge in [0.1, 0.15) is 5.82 Å². The van der Waals surface area contributed by atoms with Crippen LogP contribution in [0.5, 0.6) is 0 Å². The Morgan fingerprint density at radius 1 is 1.15 bits per heavy atom. The minimum absolute atomic E-state index is 0.0457. The van der Waals surface area contributed by atoms with Crippen LogP contribution in [0.2, 0.25) is 0 Å². The van der Waals surface area contributed by atoms with Gasteiger partial charge in [0.05, 0.1) is 42.1 Å². The summed E-state index contributed by atoms with van der Waals surface area (Å²) >= 11 is 0. The molecule has 0 saturated carbocycles. The van der Waals surface area contributed by atoms with E-state index >= 15 is 0 Å². The van der Waals surface area contributed by atoms with Crippen molar-refractivity contribution in [2.75, 3.05) is 19.7 Å². The number of ether oxygens (including phenoxy) is 1. The molecule has 7 heteroatoms. The Bertz CT molecular complexity index is 1290. The highest BCUT2D eigenvalue weighted by molar-refractivity contribution is 6.06. The smallest absolute Gasteiger partial charge is 0.254 e. The van der Waals surface area contributed by atoms with Gasteiger partial charge in [0, 0.05) is 18.7 Å². The molecular formula is C26H25FN4O2. The fraction of sp³-hybridized carbons (Fsp3) is 0.269. The Hall–Kier alpha value is -3.58. The van der Waals surface area contributed by atoms with E-state index in [9.17, 15) is 9.18 Å². The van der Waals surface area contributed by atoms with Crippen LogP contribution in [0.15, 0.2) is 66.9 Å². The molecular weight excluding hydrogens is 419 g/mol. The lowest BCUT2D eigenvalue weighted by Gasteiger charge is -2.32. The molecule has 168 valence electrons. The van der Waals surface area contributed by atoms with Crippen molar-refractivity contribution in [2.45, 2.75) is 26.0 Å². The zero-order valence-electron chi connectivity index (χ0n) is 18.4. The number of hydrogen-bond donors (Lipinski definition) is 0. The van der Waals surface area contributed by atoms with Crippen LogP contribution < -0.4 is 0 Å². The Kier molecular flexibility index (Phi) is 5.88. The van der Waals surface area contributed by atoms with Crippen LogP contribution >= 0.6 is 0 Å². The number of amides is 1. The summed E-state index contributed by atoms with van der Waals surface area (Å²) in [6, 6.07) is 18.1. The van der Waals surface area contributed by atoms with Crippen molar-refractivity contribution in [3.63, 3.8) is 0 Å². The summed E-state index contributed by atoms with van der Waals surface area (Å²) < 4.78 is 21.2. The molecule has 4 aromatic rings. The number of halogens is 1. The highest BCUT2D eigenvalue weighted by atomic mass is 19.1. The predicted octanol–water partition coefficient (Wildman–Crippen LogP) is 4.54. The Morgan fingerprint density at radius 3 is 2.79 bits per heavy atom. The van der Waals surface area contributed by atoms with Gasteiger partial charge >= 0.3 is 0 Å². The van der Waals surface area contributed by atoms with E-state index in [0.717, 1.165) is 17.5 Å². The number of aromatic nitrogens is 3. The van der Waals surface area contributed by atoms with E-state index in [-0.39, 0.29) is 17.8 Å². The summed E-state index contributed by atoms with van der Waals surface area (Å²) in [5.74, 6) is -0.345. The number of hydrogen-bond acceptors (Lipinski definition) is 4. The molecule has 2 aromatic heterocycles. The van der Waals surface area contributed by atoms with Gasteiger partial charge in [-0.25, -0.2) is 14.1 Å². The highest BCUT2D eigenvalue weighted by Gasteiger charge is 2.27. The summed E-state index contributed by atoms with van der Waals surface area (Å²) in [5.41, 5.74) is 3.57. The van der Waals surface area contributed by atoms with Gasteiger partial charge in [0.2, 0.25) is 0 Å².